The van der Waals surface area contributed by atoms with Gasteiger partial charge in [0, 0.05) is 18.1 Å². The molecule has 17 heavy (non-hydrogen) atoms. The Hall–Kier alpha value is -0.460. The summed E-state index contributed by atoms with van der Waals surface area (Å²) < 4.78 is 26.1. The normalized spacial score (nSPS) is 22.1. The SMILES string of the molecule is CCCCS(=O)(=O)N1CCCC1c1nccs1. The van der Waals surface area contributed by atoms with Crippen LogP contribution in [0.4, 0.5) is 0 Å². The molecule has 0 N–H and O–H groups in total. The third-order valence-corrected chi connectivity index (χ3v) is 5.89. The molecule has 0 bridgehead atoms. The van der Waals surface area contributed by atoms with Gasteiger partial charge in [0.25, 0.3) is 0 Å². The summed E-state index contributed by atoms with van der Waals surface area (Å²) in [5, 5.41) is 2.84. The molecule has 1 unspecified atom stereocenters. The summed E-state index contributed by atoms with van der Waals surface area (Å²) in [6.45, 7) is 2.66. The van der Waals surface area contributed by atoms with Gasteiger partial charge in [-0.3, -0.25) is 0 Å². The van der Waals surface area contributed by atoms with Gasteiger partial charge in [0.1, 0.15) is 5.01 Å². The van der Waals surface area contributed by atoms with Crippen LogP contribution >= 0.6 is 11.3 Å². The van der Waals surface area contributed by atoms with Gasteiger partial charge in [-0.15, -0.1) is 11.3 Å². The van der Waals surface area contributed by atoms with E-state index in [1.165, 1.54) is 0 Å². The minimum atomic E-state index is -3.10. The summed E-state index contributed by atoms with van der Waals surface area (Å²) in [5.74, 6) is 0.269. The Labute approximate surface area is 107 Å². The zero-order chi connectivity index (χ0) is 12.3. The molecule has 1 aliphatic heterocycles. The Bertz CT molecular complexity index is 442. The predicted molar refractivity (Wildman–Crippen MR) is 69.5 cm³/mol. The lowest BCUT2D eigenvalue weighted by atomic mass is 10.2. The van der Waals surface area contributed by atoms with Crippen molar-refractivity contribution in [2.75, 3.05) is 12.3 Å². The van der Waals surface area contributed by atoms with Crippen LogP contribution in [0.25, 0.3) is 0 Å². The highest BCUT2D eigenvalue weighted by molar-refractivity contribution is 7.89. The van der Waals surface area contributed by atoms with Gasteiger partial charge in [-0.1, -0.05) is 13.3 Å². The maximum atomic E-state index is 12.2. The zero-order valence-electron chi connectivity index (χ0n) is 10.0. The molecule has 1 aromatic heterocycles. The van der Waals surface area contributed by atoms with Gasteiger partial charge in [0.05, 0.1) is 11.8 Å². The second-order valence-electron chi connectivity index (χ2n) is 4.31. The lowest BCUT2D eigenvalue weighted by Crippen LogP contribution is -2.32. The average Bonchev–Trinajstić information content (AvgIpc) is 2.95. The smallest absolute Gasteiger partial charge is 0.214 e. The van der Waals surface area contributed by atoms with Gasteiger partial charge in [0.15, 0.2) is 0 Å². The maximum absolute atomic E-state index is 12.2. The molecule has 1 aromatic rings. The van der Waals surface area contributed by atoms with Gasteiger partial charge in [0.2, 0.25) is 10.0 Å². The molecule has 0 amide bonds. The molecule has 1 aliphatic rings. The van der Waals surface area contributed by atoms with Crippen LogP contribution < -0.4 is 0 Å². The second kappa shape index (κ2) is 5.46. The molecule has 0 aromatic carbocycles. The van der Waals surface area contributed by atoms with Gasteiger partial charge in [-0.05, 0) is 19.3 Å². The molecular formula is C11H18N2O2S2. The number of hydrogen-bond donors (Lipinski definition) is 0. The molecule has 1 fully saturated rings. The Morgan fingerprint density at radius 2 is 2.41 bits per heavy atom. The maximum Gasteiger partial charge on any atom is 0.214 e. The Morgan fingerprint density at radius 3 is 3.06 bits per heavy atom. The lowest BCUT2D eigenvalue weighted by Gasteiger charge is -2.22. The quantitative estimate of drug-likeness (QED) is 0.828. The van der Waals surface area contributed by atoms with Crippen LogP contribution in [0.2, 0.25) is 0 Å². The summed E-state index contributed by atoms with van der Waals surface area (Å²) in [6.07, 6.45) is 5.24. The van der Waals surface area contributed by atoms with Crippen LogP contribution in [-0.2, 0) is 10.0 Å². The van der Waals surface area contributed by atoms with Gasteiger partial charge in [-0.2, -0.15) is 4.31 Å². The number of hydrogen-bond acceptors (Lipinski definition) is 4. The molecular weight excluding hydrogens is 256 g/mol. The highest BCUT2D eigenvalue weighted by Crippen LogP contribution is 2.35. The van der Waals surface area contributed by atoms with Crippen molar-refractivity contribution >= 4 is 21.4 Å². The second-order valence-corrected chi connectivity index (χ2v) is 7.28. The first-order valence-corrected chi connectivity index (χ1v) is 8.53. The predicted octanol–water partition coefficient (Wildman–Crippen LogP) is 2.41. The molecule has 96 valence electrons. The minimum absolute atomic E-state index is 0.0168. The third-order valence-electron chi connectivity index (χ3n) is 3.05. The molecule has 2 heterocycles. The van der Waals surface area contributed by atoms with Gasteiger partial charge < -0.3 is 0 Å². The fourth-order valence-corrected chi connectivity index (χ4v) is 4.90. The lowest BCUT2D eigenvalue weighted by molar-refractivity contribution is 0.395. The summed E-state index contributed by atoms with van der Waals surface area (Å²) in [4.78, 5) is 4.25. The van der Waals surface area contributed by atoms with Crippen molar-refractivity contribution in [2.45, 2.75) is 38.6 Å². The van der Waals surface area contributed by atoms with Crippen molar-refractivity contribution in [3.8, 4) is 0 Å². The largest absolute Gasteiger partial charge is 0.248 e. The van der Waals surface area contributed by atoms with Crippen molar-refractivity contribution in [3.05, 3.63) is 16.6 Å². The highest BCUT2D eigenvalue weighted by Gasteiger charge is 2.35. The molecule has 0 radical (unpaired) electrons. The van der Waals surface area contributed by atoms with E-state index in [1.807, 2.05) is 12.3 Å². The van der Waals surface area contributed by atoms with Crippen LogP contribution in [0.3, 0.4) is 0 Å². The standard InChI is InChI=1S/C11H18N2O2S2/c1-2-3-9-17(14,15)13-7-4-5-10(13)11-12-6-8-16-11/h6,8,10H,2-5,7,9H2,1H3. The number of unbranched alkanes of at least 4 members (excludes halogenated alkanes) is 1. The van der Waals surface area contributed by atoms with Crippen LogP contribution in [-0.4, -0.2) is 30.0 Å². The van der Waals surface area contributed by atoms with E-state index < -0.39 is 10.0 Å². The molecule has 6 heteroatoms. The number of sulfonamides is 1. The molecule has 1 atom stereocenters. The van der Waals surface area contributed by atoms with Gasteiger partial charge >= 0.3 is 0 Å². The molecule has 1 saturated heterocycles. The van der Waals surface area contributed by atoms with E-state index in [0.29, 0.717) is 6.54 Å². The van der Waals surface area contributed by atoms with E-state index in [-0.39, 0.29) is 11.8 Å². The first-order valence-electron chi connectivity index (χ1n) is 6.04. The Morgan fingerprint density at radius 1 is 1.59 bits per heavy atom. The Balaban J connectivity index is 2.14. The van der Waals surface area contributed by atoms with Crippen molar-refractivity contribution < 1.29 is 8.42 Å². The molecule has 4 nitrogen and oxygen atoms in total. The van der Waals surface area contributed by atoms with Crippen molar-refractivity contribution in [1.82, 2.24) is 9.29 Å². The van der Waals surface area contributed by atoms with E-state index in [2.05, 4.69) is 4.98 Å². The van der Waals surface area contributed by atoms with Crippen LogP contribution in [0, 0.1) is 0 Å². The third kappa shape index (κ3) is 2.86. The van der Waals surface area contributed by atoms with Crippen LogP contribution in [0.1, 0.15) is 43.7 Å². The summed E-state index contributed by atoms with van der Waals surface area (Å²) in [6, 6.07) is -0.0168. The van der Waals surface area contributed by atoms with Crippen molar-refractivity contribution in [2.24, 2.45) is 0 Å². The first-order chi connectivity index (χ1) is 8.15. The van der Waals surface area contributed by atoms with E-state index in [4.69, 9.17) is 0 Å². The molecule has 0 spiro atoms. The molecule has 2 rings (SSSR count). The van der Waals surface area contributed by atoms with Crippen LogP contribution in [0.15, 0.2) is 11.6 Å². The molecule has 0 aliphatic carbocycles. The average molecular weight is 274 g/mol. The topological polar surface area (TPSA) is 50.3 Å². The fraction of sp³-hybridized carbons (Fsp3) is 0.727. The number of nitrogens with zero attached hydrogens (tertiary/aromatic N) is 2. The molecule has 0 saturated carbocycles. The van der Waals surface area contributed by atoms with Gasteiger partial charge in [-0.25, -0.2) is 13.4 Å². The van der Waals surface area contributed by atoms with E-state index in [1.54, 1.807) is 21.8 Å². The summed E-state index contributed by atoms with van der Waals surface area (Å²) >= 11 is 1.55. The van der Waals surface area contributed by atoms with E-state index >= 15 is 0 Å². The number of rotatable bonds is 5. The monoisotopic (exact) mass is 274 g/mol. The highest BCUT2D eigenvalue weighted by atomic mass is 32.2. The Kier molecular flexibility index (Phi) is 4.17. The number of aromatic nitrogens is 1. The van der Waals surface area contributed by atoms with E-state index in [0.717, 1.165) is 30.7 Å². The van der Waals surface area contributed by atoms with Crippen molar-refractivity contribution in [3.63, 3.8) is 0 Å². The van der Waals surface area contributed by atoms with E-state index in [9.17, 15) is 8.42 Å². The summed E-state index contributed by atoms with van der Waals surface area (Å²) in [5.41, 5.74) is 0. The van der Waals surface area contributed by atoms with Crippen LogP contribution in [0.5, 0.6) is 0 Å². The minimum Gasteiger partial charge on any atom is -0.248 e. The fourth-order valence-electron chi connectivity index (χ4n) is 2.16. The zero-order valence-corrected chi connectivity index (χ0v) is 11.6. The van der Waals surface area contributed by atoms with Crippen molar-refractivity contribution in [1.29, 1.82) is 0 Å². The first kappa shape index (κ1) is 13.0. The number of thiazole rings is 1. The summed E-state index contributed by atoms with van der Waals surface area (Å²) in [7, 11) is -3.10.